The van der Waals surface area contributed by atoms with Crippen LogP contribution in [0.5, 0.6) is 0 Å². The summed E-state index contributed by atoms with van der Waals surface area (Å²) >= 11 is 0. The van der Waals surface area contributed by atoms with E-state index in [0.717, 1.165) is 30.9 Å². The first-order valence-corrected chi connectivity index (χ1v) is 6.09. The largest absolute Gasteiger partial charge is 0.377 e. The van der Waals surface area contributed by atoms with Gasteiger partial charge < -0.3 is 9.88 Å². The molecular weight excluding hydrogens is 212 g/mol. The highest BCUT2D eigenvalue weighted by atomic mass is 15.3. The van der Waals surface area contributed by atoms with Crippen LogP contribution in [0.25, 0.3) is 0 Å². The highest BCUT2D eigenvalue weighted by Crippen LogP contribution is 2.13. The Balaban J connectivity index is 2.02. The standard InChI is InChI=1S/C13H20N4/c1-4-7-17-8-5-6-12(17)9-14-13-10-16(3)15-11(13)2/h5-6,8,10,14H,4,7,9H2,1-3H3. The fourth-order valence-electron chi connectivity index (χ4n) is 2.03. The molecule has 0 aliphatic heterocycles. The lowest BCUT2D eigenvalue weighted by Crippen LogP contribution is -2.07. The zero-order valence-electron chi connectivity index (χ0n) is 10.8. The second-order valence-corrected chi connectivity index (χ2v) is 4.35. The van der Waals surface area contributed by atoms with Crippen molar-refractivity contribution in [3.05, 3.63) is 35.9 Å². The Labute approximate surface area is 102 Å². The van der Waals surface area contributed by atoms with E-state index in [9.17, 15) is 0 Å². The molecule has 0 unspecified atom stereocenters. The van der Waals surface area contributed by atoms with Gasteiger partial charge in [-0.3, -0.25) is 4.68 Å². The molecule has 0 aromatic carbocycles. The molecule has 2 rings (SSSR count). The van der Waals surface area contributed by atoms with Crippen LogP contribution in [-0.4, -0.2) is 14.3 Å². The second-order valence-electron chi connectivity index (χ2n) is 4.35. The van der Waals surface area contributed by atoms with E-state index in [1.807, 2.05) is 24.9 Å². The van der Waals surface area contributed by atoms with Gasteiger partial charge in [-0.15, -0.1) is 0 Å². The maximum absolute atomic E-state index is 4.32. The molecule has 17 heavy (non-hydrogen) atoms. The molecule has 0 saturated heterocycles. The fraction of sp³-hybridized carbons (Fsp3) is 0.462. The summed E-state index contributed by atoms with van der Waals surface area (Å²) in [6.45, 7) is 6.14. The summed E-state index contributed by atoms with van der Waals surface area (Å²) in [4.78, 5) is 0. The van der Waals surface area contributed by atoms with Crippen molar-refractivity contribution in [2.75, 3.05) is 5.32 Å². The minimum Gasteiger partial charge on any atom is -0.377 e. The zero-order valence-corrected chi connectivity index (χ0v) is 10.8. The van der Waals surface area contributed by atoms with Crippen LogP contribution >= 0.6 is 0 Å². The Morgan fingerprint density at radius 1 is 1.41 bits per heavy atom. The van der Waals surface area contributed by atoms with Crippen molar-refractivity contribution in [2.45, 2.75) is 33.4 Å². The van der Waals surface area contributed by atoms with Gasteiger partial charge in [-0.2, -0.15) is 5.10 Å². The third-order valence-electron chi connectivity index (χ3n) is 2.86. The van der Waals surface area contributed by atoms with Gasteiger partial charge in [-0.25, -0.2) is 0 Å². The quantitative estimate of drug-likeness (QED) is 0.859. The predicted octanol–water partition coefficient (Wildman–Crippen LogP) is 2.55. The monoisotopic (exact) mass is 232 g/mol. The first-order chi connectivity index (χ1) is 8.20. The molecule has 0 fully saturated rings. The van der Waals surface area contributed by atoms with Gasteiger partial charge in [-0.05, 0) is 25.5 Å². The van der Waals surface area contributed by atoms with Crippen LogP contribution in [-0.2, 0) is 20.1 Å². The zero-order chi connectivity index (χ0) is 12.3. The van der Waals surface area contributed by atoms with Crippen LogP contribution in [0.4, 0.5) is 5.69 Å². The Kier molecular flexibility index (Phi) is 3.52. The van der Waals surface area contributed by atoms with E-state index >= 15 is 0 Å². The molecule has 4 heteroatoms. The van der Waals surface area contributed by atoms with Crippen LogP contribution in [0.3, 0.4) is 0 Å². The van der Waals surface area contributed by atoms with Gasteiger partial charge in [0.05, 0.1) is 17.9 Å². The summed E-state index contributed by atoms with van der Waals surface area (Å²) in [5, 5.41) is 7.75. The van der Waals surface area contributed by atoms with Crippen LogP contribution in [0.1, 0.15) is 24.7 Å². The van der Waals surface area contributed by atoms with E-state index in [-0.39, 0.29) is 0 Å². The molecule has 0 spiro atoms. The van der Waals surface area contributed by atoms with Crippen molar-refractivity contribution in [1.82, 2.24) is 14.3 Å². The summed E-state index contributed by atoms with van der Waals surface area (Å²) in [5.74, 6) is 0. The first kappa shape index (κ1) is 11.8. The second kappa shape index (κ2) is 5.08. The van der Waals surface area contributed by atoms with E-state index in [2.05, 4.69) is 40.2 Å². The van der Waals surface area contributed by atoms with E-state index in [4.69, 9.17) is 0 Å². The number of aryl methyl sites for hydroxylation is 3. The predicted molar refractivity (Wildman–Crippen MR) is 70.0 cm³/mol. The number of nitrogens with one attached hydrogen (secondary N) is 1. The van der Waals surface area contributed by atoms with Crippen molar-refractivity contribution >= 4 is 5.69 Å². The maximum Gasteiger partial charge on any atom is 0.0825 e. The average molecular weight is 232 g/mol. The minimum atomic E-state index is 0.847. The van der Waals surface area contributed by atoms with Crippen molar-refractivity contribution in [3.8, 4) is 0 Å². The van der Waals surface area contributed by atoms with E-state index < -0.39 is 0 Å². The topological polar surface area (TPSA) is 34.8 Å². The molecule has 2 aromatic heterocycles. The summed E-state index contributed by atoms with van der Waals surface area (Å²) in [6, 6.07) is 4.26. The van der Waals surface area contributed by atoms with Crippen molar-refractivity contribution in [1.29, 1.82) is 0 Å². The Morgan fingerprint density at radius 3 is 2.88 bits per heavy atom. The molecule has 2 aromatic rings. The third-order valence-corrected chi connectivity index (χ3v) is 2.86. The molecule has 0 aliphatic carbocycles. The number of nitrogens with zero attached hydrogens (tertiary/aromatic N) is 3. The fourth-order valence-corrected chi connectivity index (χ4v) is 2.03. The normalized spacial score (nSPS) is 10.8. The number of rotatable bonds is 5. The van der Waals surface area contributed by atoms with Gasteiger partial charge in [0.25, 0.3) is 0 Å². The van der Waals surface area contributed by atoms with Gasteiger partial charge in [0, 0.05) is 31.7 Å². The molecule has 0 radical (unpaired) electrons. The minimum absolute atomic E-state index is 0.847. The number of hydrogen-bond acceptors (Lipinski definition) is 2. The molecule has 0 aliphatic rings. The Bertz CT molecular complexity index is 481. The molecule has 1 N–H and O–H groups in total. The number of hydrogen-bond donors (Lipinski definition) is 1. The SMILES string of the molecule is CCCn1cccc1CNc1cn(C)nc1C. The maximum atomic E-state index is 4.32. The van der Waals surface area contributed by atoms with Gasteiger partial charge in [0.15, 0.2) is 0 Å². The van der Waals surface area contributed by atoms with Crippen LogP contribution in [0, 0.1) is 6.92 Å². The summed E-state index contributed by atoms with van der Waals surface area (Å²) < 4.78 is 4.13. The van der Waals surface area contributed by atoms with Crippen molar-refractivity contribution in [2.24, 2.45) is 7.05 Å². The van der Waals surface area contributed by atoms with Gasteiger partial charge in [0.1, 0.15) is 0 Å². The molecule has 92 valence electrons. The number of anilines is 1. The van der Waals surface area contributed by atoms with Gasteiger partial charge in [-0.1, -0.05) is 6.92 Å². The smallest absolute Gasteiger partial charge is 0.0825 e. The molecule has 0 atom stereocenters. The number of aromatic nitrogens is 3. The van der Waals surface area contributed by atoms with E-state index in [0.29, 0.717) is 0 Å². The van der Waals surface area contributed by atoms with Crippen LogP contribution in [0.2, 0.25) is 0 Å². The summed E-state index contributed by atoms with van der Waals surface area (Å²) in [7, 11) is 1.94. The first-order valence-electron chi connectivity index (χ1n) is 6.09. The van der Waals surface area contributed by atoms with Crippen molar-refractivity contribution in [3.63, 3.8) is 0 Å². The molecule has 0 bridgehead atoms. The van der Waals surface area contributed by atoms with E-state index in [1.165, 1.54) is 5.69 Å². The van der Waals surface area contributed by atoms with Crippen molar-refractivity contribution < 1.29 is 0 Å². The van der Waals surface area contributed by atoms with Crippen LogP contribution in [0.15, 0.2) is 24.5 Å². The summed E-state index contributed by atoms with van der Waals surface area (Å²) in [5.41, 5.74) is 3.47. The lowest BCUT2D eigenvalue weighted by Gasteiger charge is -2.09. The molecule has 2 heterocycles. The highest BCUT2D eigenvalue weighted by molar-refractivity contribution is 5.45. The molecular formula is C13H20N4. The average Bonchev–Trinajstić information content (AvgIpc) is 2.83. The third kappa shape index (κ3) is 2.70. The Hall–Kier alpha value is -1.71. The van der Waals surface area contributed by atoms with Gasteiger partial charge in [0.2, 0.25) is 0 Å². The molecule has 0 saturated carbocycles. The van der Waals surface area contributed by atoms with Gasteiger partial charge >= 0.3 is 0 Å². The molecule has 0 amide bonds. The summed E-state index contributed by atoms with van der Waals surface area (Å²) in [6.07, 6.45) is 5.31. The van der Waals surface area contributed by atoms with E-state index in [1.54, 1.807) is 0 Å². The van der Waals surface area contributed by atoms with Crippen LogP contribution < -0.4 is 5.32 Å². The molecule has 4 nitrogen and oxygen atoms in total. The highest BCUT2D eigenvalue weighted by Gasteiger charge is 2.04. The lowest BCUT2D eigenvalue weighted by molar-refractivity contribution is 0.654. The Morgan fingerprint density at radius 2 is 2.24 bits per heavy atom. The lowest BCUT2D eigenvalue weighted by atomic mass is 10.3.